The van der Waals surface area contributed by atoms with Crippen molar-refractivity contribution in [2.24, 2.45) is 11.8 Å². The Morgan fingerprint density at radius 2 is 1.69 bits per heavy atom. The normalized spacial score (nSPS) is 21.7. The van der Waals surface area contributed by atoms with Gasteiger partial charge in [-0.3, -0.25) is 4.90 Å². The van der Waals surface area contributed by atoms with Gasteiger partial charge in [0.15, 0.2) is 11.5 Å². The van der Waals surface area contributed by atoms with E-state index in [9.17, 15) is 4.39 Å². The van der Waals surface area contributed by atoms with Crippen LogP contribution in [0.15, 0.2) is 12.1 Å². The molecule has 1 aromatic rings. The third kappa shape index (κ3) is 9.84. The van der Waals surface area contributed by atoms with E-state index in [1.54, 1.807) is 28.1 Å². The molecule has 35 heavy (non-hydrogen) atoms. The molecule has 0 radical (unpaired) electrons. The first kappa shape index (κ1) is 34.7. The molecule has 0 amide bonds. The molecule has 0 spiro atoms. The Bertz CT molecular complexity index is 745. The summed E-state index contributed by atoms with van der Waals surface area (Å²) in [6, 6.07) is 4.72. The third-order valence-electron chi connectivity index (χ3n) is 7.09. The molecule has 1 fully saturated rings. The Morgan fingerprint density at radius 3 is 2.29 bits per heavy atom. The van der Waals surface area contributed by atoms with Crippen LogP contribution >= 0.6 is 40.5 Å². The maximum absolute atomic E-state index is 13.7. The molecule has 2 heterocycles. The molecular formula is C27H50FNO3S3. The van der Waals surface area contributed by atoms with E-state index in [1.165, 1.54) is 17.5 Å². The van der Waals surface area contributed by atoms with Gasteiger partial charge in [-0.15, -0.1) is 0 Å². The Kier molecular flexibility index (Phi) is 15.7. The van der Waals surface area contributed by atoms with Crippen LogP contribution < -0.4 is 9.47 Å². The van der Waals surface area contributed by atoms with Gasteiger partial charge in [0.05, 0.1) is 20.3 Å². The minimum atomic E-state index is -1.06. The smallest absolute Gasteiger partial charge is 0.161 e. The van der Waals surface area contributed by atoms with Gasteiger partial charge in [-0.2, -0.15) is 40.5 Å². The molecule has 3 rings (SSSR count). The first-order chi connectivity index (χ1) is 15.2. The molecule has 0 N–H and O–H groups in total. The maximum Gasteiger partial charge on any atom is 0.161 e. The van der Waals surface area contributed by atoms with Gasteiger partial charge in [0.2, 0.25) is 0 Å². The lowest BCUT2D eigenvalue weighted by Crippen LogP contribution is -2.49. The summed E-state index contributed by atoms with van der Waals surface area (Å²) in [5.41, 5.74) is 1.68. The summed E-state index contributed by atoms with van der Waals surface area (Å²) in [5, 5.41) is 0. The number of halogens is 1. The largest absolute Gasteiger partial charge is 0.493 e. The second-order valence-electron chi connectivity index (χ2n) is 10.7. The van der Waals surface area contributed by atoms with Crippen LogP contribution in [0.3, 0.4) is 0 Å². The SMILES string of the molecule is COc1cc2c(cc1OC)[C@@H]1C[C@H](OCCCCCC(C)(C)[18F])[C@@H](CC(C)C)CN1CC2.S.S.S. The molecule has 0 aliphatic carbocycles. The Balaban J connectivity index is 0.00000385. The summed E-state index contributed by atoms with van der Waals surface area (Å²) < 4.78 is 31.4. The highest BCUT2D eigenvalue weighted by Crippen LogP contribution is 2.44. The van der Waals surface area contributed by atoms with E-state index >= 15 is 0 Å². The molecule has 0 aromatic heterocycles. The van der Waals surface area contributed by atoms with Crippen molar-refractivity contribution in [2.45, 2.75) is 90.5 Å². The lowest BCUT2D eigenvalue weighted by Gasteiger charge is -2.47. The van der Waals surface area contributed by atoms with Crippen LogP contribution in [-0.2, 0) is 11.2 Å². The molecular weight excluding hydrogens is 501 g/mol. The van der Waals surface area contributed by atoms with Crippen molar-refractivity contribution < 1.29 is 18.6 Å². The number of unbranched alkanes of at least 4 members (excludes halogenated alkanes) is 2. The fraction of sp³-hybridized carbons (Fsp3) is 0.778. The van der Waals surface area contributed by atoms with E-state index in [4.69, 9.17) is 14.2 Å². The van der Waals surface area contributed by atoms with Gasteiger partial charge in [0.25, 0.3) is 0 Å². The fourth-order valence-corrected chi connectivity index (χ4v) is 5.50. The molecule has 8 heteroatoms. The van der Waals surface area contributed by atoms with Crippen molar-refractivity contribution in [2.75, 3.05) is 33.9 Å². The molecule has 1 saturated heterocycles. The van der Waals surface area contributed by atoms with Crippen molar-refractivity contribution in [1.82, 2.24) is 4.90 Å². The van der Waals surface area contributed by atoms with Crippen molar-refractivity contribution >= 4 is 40.5 Å². The van der Waals surface area contributed by atoms with Crippen molar-refractivity contribution in [1.29, 1.82) is 0 Å². The average molecular weight is 551 g/mol. The number of fused-ring (bicyclic) bond motifs is 3. The van der Waals surface area contributed by atoms with Crippen LogP contribution in [0.25, 0.3) is 0 Å². The molecule has 0 unspecified atom stereocenters. The van der Waals surface area contributed by atoms with E-state index in [2.05, 4.69) is 30.9 Å². The third-order valence-corrected chi connectivity index (χ3v) is 7.09. The highest BCUT2D eigenvalue weighted by Gasteiger charge is 2.40. The lowest BCUT2D eigenvalue weighted by molar-refractivity contribution is -0.0648. The Labute approximate surface area is 234 Å². The zero-order chi connectivity index (χ0) is 23.3. The number of hydrogen-bond donors (Lipinski definition) is 0. The van der Waals surface area contributed by atoms with Gasteiger partial charge >= 0.3 is 0 Å². The highest BCUT2D eigenvalue weighted by molar-refractivity contribution is 7.59. The molecule has 1 aromatic carbocycles. The summed E-state index contributed by atoms with van der Waals surface area (Å²) in [6.45, 7) is 10.9. The molecule has 2 aliphatic heterocycles. The monoisotopic (exact) mass is 550 g/mol. The maximum atomic E-state index is 13.7. The average Bonchev–Trinajstić information content (AvgIpc) is 2.74. The van der Waals surface area contributed by atoms with Crippen molar-refractivity contribution in [3.8, 4) is 11.5 Å². The van der Waals surface area contributed by atoms with Crippen LogP contribution in [0, 0.1) is 11.8 Å². The molecule has 206 valence electrons. The molecule has 0 saturated carbocycles. The number of piperidine rings is 1. The number of nitrogens with zero attached hydrogens (tertiary/aromatic N) is 1. The summed E-state index contributed by atoms with van der Waals surface area (Å²) >= 11 is 0. The first-order valence-electron chi connectivity index (χ1n) is 12.5. The van der Waals surface area contributed by atoms with E-state index in [1.807, 2.05) is 0 Å². The zero-order valence-electron chi connectivity index (χ0n) is 22.6. The van der Waals surface area contributed by atoms with Gasteiger partial charge < -0.3 is 14.2 Å². The second kappa shape index (κ2) is 15.9. The Hall–Kier alpha value is -0.280. The van der Waals surface area contributed by atoms with Gasteiger partial charge in [-0.25, -0.2) is 4.39 Å². The summed E-state index contributed by atoms with van der Waals surface area (Å²) in [6.07, 6.45) is 7.15. The lowest BCUT2D eigenvalue weighted by atomic mass is 9.79. The summed E-state index contributed by atoms with van der Waals surface area (Å²) in [5.74, 6) is 2.86. The van der Waals surface area contributed by atoms with Crippen LogP contribution in [0.5, 0.6) is 11.5 Å². The molecule has 0 bridgehead atoms. The van der Waals surface area contributed by atoms with Gasteiger partial charge in [-0.1, -0.05) is 26.7 Å². The van der Waals surface area contributed by atoms with Crippen LogP contribution in [0.2, 0.25) is 0 Å². The van der Waals surface area contributed by atoms with Crippen LogP contribution in [0.1, 0.15) is 83.4 Å². The predicted molar refractivity (Wildman–Crippen MR) is 160 cm³/mol. The van der Waals surface area contributed by atoms with E-state index < -0.39 is 5.67 Å². The second-order valence-corrected chi connectivity index (χ2v) is 10.7. The number of rotatable bonds is 11. The standard InChI is InChI=1S/C27H44FNO3.3H2S/c1-19(2)14-21-18-29-12-10-20-15-25(30-5)26(31-6)16-22(20)23(29)17-24(21)32-13-9-7-8-11-27(3,4)28;;;/h15-16,19,21,23-24H,7-14,17-18H2,1-6H3;3*1H2/t21-,23-,24-;;;/m0.../s1/i28-1;;;. The zero-order valence-corrected chi connectivity index (χ0v) is 25.6. The minimum absolute atomic E-state index is 0. The molecule has 3 atom stereocenters. The van der Waals surface area contributed by atoms with Crippen molar-refractivity contribution in [3.63, 3.8) is 0 Å². The fourth-order valence-electron chi connectivity index (χ4n) is 5.50. The quantitative estimate of drug-likeness (QED) is 0.287. The van der Waals surface area contributed by atoms with Crippen LogP contribution in [-0.4, -0.2) is 50.6 Å². The minimum Gasteiger partial charge on any atom is -0.493 e. The number of hydrogen-bond acceptors (Lipinski definition) is 4. The van der Waals surface area contributed by atoms with E-state index in [-0.39, 0.29) is 46.6 Å². The molecule has 2 aliphatic rings. The number of alkyl halides is 1. The van der Waals surface area contributed by atoms with Gasteiger partial charge in [-0.05, 0) is 81.0 Å². The number of methoxy groups -OCH3 is 2. The van der Waals surface area contributed by atoms with Gasteiger partial charge in [0.1, 0.15) is 5.67 Å². The number of benzene rings is 1. The summed E-state index contributed by atoms with van der Waals surface area (Å²) in [7, 11) is 3.41. The Morgan fingerprint density at radius 1 is 1.03 bits per heavy atom. The molecule has 4 nitrogen and oxygen atoms in total. The first-order valence-corrected chi connectivity index (χ1v) is 12.5. The van der Waals surface area contributed by atoms with E-state index in [0.29, 0.717) is 24.3 Å². The topological polar surface area (TPSA) is 30.9 Å². The van der Waals surface area contributed by atoms with Crippen molar-refractivity contribution in [3.05, 3.63) is 23.3 Å². The van der Waals surface area contributed by atoms with E-state index in [0.717, 1.165) is 63.3 Å². The number of ether oxygens (including phenoxy) is 3. The predicted octanol–water partition coefficient (Wildman–Crippen LogP) is 6.70. The van der Waals surface area contributed by atoms with Gasteiger partial charge in [0, 0.05) is 25.7 Å². The summed E-state index contributed by atoms with van der Waals surface area (Å²) in [4.78, 5) is 2.66. The highest BCUT2D eigenvalue weighted by atomic mass is 32.1. The van der Waals surface area contributed by atoms with Crippen LogP contribution in [0.4, 0.5) is 4.39 Å².